The number of aliphatic hydroxyl groups is 1. The van der Waals surface area contributed by atoms with Gasteiger partial charge < -0.3 is 14.6 Å². The number of halogens is 1. The smallest absolute Gasteiger partial charge is 0.118 e. The minimum absolute atomic E-state index is 0.0512. The predicted octanol–water partition coefficient (Wildman–Crippen LogP) is 5.59. The quantitative estimate of drug-likeness (QED) is 0.726. The van der Waals surface area contributed by atoms with Gasteiger partial charge in [0.1, 0.15) is 5.75 Å². The van der Waals surface area contributed by atoms with Gasteiger partial charge in [-0.2, -0.15) is 0 Å². The molecule has 1 saturated heterocycles. The van der Waals surface area contributed by atoms with Gasteiger partial charge in [0, 0.05) is 11.4 Å². The highest BCUT2D eigenvalue weighted by atomic mass is 35.5. The molecule has 0 amide bonds. The summed E-state index contributed by atoms with van der Waals surface area (Å²) in [6.45, 7) is 4.31. The summed E-state index contributed by atoms with van der Waals surface area (Å²) in [5.74, 6) is 1.32. The number of benzene rings is 2. The van der Waals surface area contributed by atoms with Gasteiger partial charge in [-0.15, -0.1) is 0 Å². The van der Waals surface area contributed by atoms with Crippen LogP contribution in [0.4, 0.5) is 0 Å². The topological polar surface area (TPSA) is 38.7 Å². The summed E-state index contributed by atoms with van der Waals surface area (Å²) in [7, 11) is 1.68. The van der Waals surface area contributed by atoms with E-state index in [1.807, 2.05) is 19.1 Å². The van der Waals surface area contributed by atoms with Crippen molar-refractivity contribution in [2.75, 3.05) is 7.11 Å². The molecule has 150 valence electrons. The van der Waals surface area contributed by atoms with Gasteiger partial charge in [0.2, 0.25) is 0 Å². The second kappa shape index (κ2) is 8.06. The summed E-state index contributed by atoms with van der Waals surface area (Å²) >= 11 is 6.91. The molecule has 0 radical (unpaired) electrons. The molecule has 1 fully saturated rings. The second-order valence-corrected chi connectivity index (χ2v) is 8.73. The van der Waals surface area contributed by atoms with Gasteiger partial charge in [0.15, 0.2) is 0 Å². The third kappa shape index (κ3) is 3.80. The van der Waals surface area contributed by atoms with E-state index in [1.54, 1.807) is 7.11 Å². The van der Waals surface area contributed by atoms with E-state index < -0.39 is 0 Å². The minimum atomic E-state index is -0.302. The summed E-state index contributed by atoms with van der Waals surface area (Å²) in [4.78, 5) is 0. The van der Waals surface area contributed by atoms with E-state index in [9.17, 15) is 5.11 Å². The van der Waals surface area contributed by atoms with Crippen molar-refractivity contribution in [1.29, 1.82) is 0 Å². The minimum Gasteiger partial charge on any atom is -0.497 e. The van der Waals surface area contributed by atoms with Crippen LogP contribution in [0, 0.1) is 0 Å². The Morgan fingerprint density at radius 3 is 2.61 bits per heavy atom. The number of hydrogen-bond donors (Lipinski definition) is 1. The number of rotatable bonds is 4. The number of hydrogen-bond acceptors (Lipinski definition) is 3. The summed E-state index contributed by atoms with van der Waals surface area (Å²) in [6, 6.07) is 10.4. The lowest BCUT2D eigenvalue weighted by Gasteiger charge is -2.33. The maximum absolute atomic E-state index is 10.3. The molecule has 2 aliphatic rings. The van der Waals surface area contributed by atoms with E-state index in [0.29, 0.717) is 18.8 Å². The van der Waals surface area contributed by atoms with Crippen molar-refractivity contribution in [1.82, 2.24) is 0 Å². The lowest BCUT2D eigenvalue weighted by Crippen LogP contribution is -2.30. The standard InChI is InChI=1S/C24H29ClO3/c1-14-4-9-20-21(22-13-18(26)10-15(2)28-22)12-17(24(25)23(14)20)11-16-5-7-19(27-3)8-6-16/h5-8,12,14-15,18,22,26H,4,9-11,13H2,1-3H3. The van der Waals surface area contributed by atoms with Gasteiger partial charge in [-0.1, -0.05) is 36.7 Å². The largest absolute Gasteiger partial charge is 0.497 e. The number of aliphatic hydroxyl groups excluding tert-OH is 1. The SMILES string of the molecule is COc1ccc(Cc2cc(C3CC(O)CC(C)O3)c3c(c2Cl)C(C)CC3)cc1. The lowest BCUT2D eigenvalue weighted by molar-refractivity contribution is -0.0898. The van der Waals surface area contributed by atoms with Crippen molar-refractivity contribution >= 4 is 11.6 Å². The first kappa shape index (κ1) is 19.8. The molecule has 4 rings (SSSR count). The van der Waals surface area contributed by atoms with Crippen molar-refractivity contribution in [3.63, 3.8) is 0 Å². The molecule has 3 nitrogen and oxygen atoms in total. The zero-order chi connectivity index (χ0) is 19.8. The Morgan fingerprint density at radius 1 is 1.18 bits per heavy atom. The molecular weight excluding hydrogens is 372 g/mol. The lowest BCUT2D eigenvalue weighted by atomic mass is 9.88. The Morgan fingerprint density at radius 2 is 1.93 bits per heavy atom. The summed E-state index contributed by atoms with van der Waals surface area (Å²) in [6.07, 6.45) is 4.03. The van der Waals surface area contributed by atoms with Gasteiger partial charge in [0.25, 0.3) is 0 Å². The molecular formula is C24H29ClO3. The molecule has 0 bridgehead atoms. The molecule has 1 heterocycles. The maximum atomic E-state index is 10.3. The molecule has 2 aromatic rings. The molecule has 2 aromatic carbocycles. The summed E-state index contributed by atoms with van der Waals surface area (Å²) < 4.78 is 11.5. The van der Waals surface area contributed by atoms with E-state index in [0.717, 1.165) is 35.6 Å². The monoisotopic (exact) mass is 400 g/mol. The highest BCUT2D eigenvalue weighted by Crippen LogP contribution is 2.45. The number of ether oxygens (including phenoxy) is 2. The maximum Gasteiger partial charge on any atom is 0.118 e. The van der Waals surface area contributed by atoms with Crippen molar-refractivity contribution in [2.45, 2.75) is 70.2 Å². The van der Waals surface area contributed by atoms with Crippen LogP contribution in [0.1, 0.15) is 72.9 Å². The van der Waals surface area contributed by atoms with Crippen LogP contribution < -0.4 is 4.74 Å². The zero-order valence-corrected chi connectivity index (χ0v) is 17.6. The normalized spacial score (nSPS) is 26.9. The van der Waals surface area contributed by atoms with Crippen LogP contribution >= 0.6 is 11.6 Å². The average molecular weight is 401 g/mol. The van der Waals surface area contributed by atoms with Crippen molar-refractivity contribution < 1.29 is 14.6 Å². The van der Waals surface area contributed by atoms with Crippen molar-refractivity contribution in [3.8, 4) is 5.75 Å². The molecule has 1 aliphatic carbocycles. The van der Waals surface area contributed by atoms with Gasteiger partial charge in [0.05, 0.1) is 25.4 Å². The van der Waals surface area contributed by atoms with Crippen LogP contribution in [0.5, 0.6) is 5.75 Å². The van der Waals surface area contributed by atoms with E-state index >= 15 is 0 Å². The number of methoxy groups -OCH3 is 1. The third-order valence-corrected chi connectivity index (χ3v) is 6.68. The Kier molecular flexibility index (Phi) is 5.69. The van der Waals surface area contributed by atoms with Crippen molar-refractivity contribution in [3.05, 3.63) is 63.2 Å². The first-order valence-corrected chi connectivity index (χ1v) is 10.6. The fraction of sp³-hybridized carbons (Fsp3) is 0.500. The van der Waals surface area contributed by atoms with Gasteiger partial charge in [-0.25, -0.2) is 0 Å². The molecule has 1 aliphatic heterocycles. The molecule has 28 heavy (non-hydrogen) atoms. The van der Waals surface area contributed by atoms with Gasteiger partial charge >= 0.3 is 0 Å². The summed E-state index contributed by atoms with van der Waals surface area (Å²) in [5, 5.41) is 11.2. The Labute approximate surface area is 172 Å². The second-order valence-electron chi connectivity index (χ2n) is 8.36. The fourth-order valence-corrected chi connectivity index (χ4v) is 5.22. The van der Waals surface area contributed by atoms with Gasteiger partial charge in [-0.3, -0.25) is 0 Å². The van der Waals surface area contributed by atoms with E-state index in [4.69, 9.17) is 21.1 Å². The Hall–Kier alpha value is -1.55. The Bertz CT molecular complexity index is 836. The van der Waals surface area contributed by atoms with Crippen LogP contribution in [-0.2, 0) is 17.6 Å². The van der Waals surface area contributed by atoms with Crippen LogP contribution in [0.15, 0.2) is 30.3 Å². The highest BCUT2D eigenvalue weighted by molar-refractivity contribution is 6.32. The van der Waals surface area contributed by atoms with E-state index in [-0.39, 0.29) is 18.3 Å². The van der Waals surface area contributed by atoms with E-state index in [2.05, 4.69) is 25.1 Å². The molecule has 0 saturated carbocycles. The fourth-order valence-electron chi connectivity index (χ4n) is 4.79. The van der Waals surface area contributed by atoms with Crippen LogP contribution in [0.3, 0.4) is 0 Å². The molecule has 4 heteroatoms. The molecule has 1 N–H and O–H groups in total. The first-order chi connectivity index (χ1) is 13.5. The zero-order valence-electron chi connectivity index (χ0n) is 16.9. The highest BCUT2D eigenvalue weighted by Gasteiger charge is 2.33. The molecule has 4 unspecified atom stereocenters. The predicted molar refractivity (Wildman–Crippen MR) is 113 cm³/mol. The first-order valence-electron chi connectivity index (χ1n) is 10.3. The number of fused-ring (bicyclic) bond motifs is 1. The summed E-state index contributed by atoms with van der Waals surface area (Å²) in [5.41, 5.74) is 6.22. The molecule has 0 aromatic heterocycles. The van der Waals surface area contributed by atoms with E-state index in [1.165, 1.54) is 22.3 Å². The van der Waals surface area contributed by atoms with Crippen LogP contribution in [0.25, 0.3) is 0 Å². The third-order valence-electron chi connectivity index (χ3n) is 6.23. The molecule has 4 atom stereocenters. The van der Waals surface area contributed by atoms with Gasteiger partial charge in [-0.05, 0) is 78.5 Å². The Balaban J connectivity index is 1.73. The van der Waals surface area contributed by atoms with Crippen molar-refractivity contribution in [2.24, 2.45) is 0 Å². The van der Waals surface area contributed by atoms with Crippen LogP contribution in [0.2, 0.25) is 5.02 Å². The molecule has 0 spiro atoms. The average Bonchev–Trinajstić information content (AvgIpc) is 3.06. The van der Waals surface area contributed by atoms with Crippen LogP contribution in [-0.4, -0.2) is 24.4 Å².